The molecule has 1 aliphatic heterocycles. The second kappa shape index (κ2) is 14.4. The third-order valence-electron chi connectivity index (χ3n) is 8.53. The summed E-state index contributed by atoms with van der Waals surface area (Å²) >= 11 is 0. The molecule has 0 saturated carbocycles. The number of carbonyl (C=O) groups excluding carboxylic acids is 3. The molecule has 270 valence electrons. The van der Waals surface area contributed by atoms with Crippen molar-refractivity contribution in [2.75, 3.05) is 37.6 Å². The highest BCUT2D eigenvalue weighted by atomic mass is 32.2. The average Bonchev–Trinajstić information content (AvgIpc) is 3.55. The number of pyridine rings is 1. The number of nitrogens with zero attached hydrogens (tertiary/aromatic N) is 2. The van der Waals surface area contributed by atoms with Crippen LogP contribution >= 0.6 is 0 Å². The van der Waals surface area contributed by atoms with Crippen LogP contribution in [0.5, 0.6) is 11.5 Å². The van der Waals surface area contributed by atoms with Crippen molar-refractivity contribution >= 4 is 50.0 Å². The largest absolute Gasteiger partial charge is 0.493 e. The zero-order valence-electron chi connectivity index (χ0n) is 27.4. The molecule has 0 aliphatic carbocycles. The van der Waals surface area contributed by atoms with Gasteiger partial charge in [0.15, 0.2) is 21.3 Å². The van der Waals surface area contributed by atoms with Gasteiger partial charge in [-0.2, -0.15) is 13.2 Å². The van der Waals surface area contributed by atoms with Gasteiger partial charge in [-0.15, -0.1) is 0 Å². The SMILES string of the molecule is CCS(=O)(=O)c1ccccc1C1C(C(=O)OC(=O)C(F)(F)F)CCN1C(=O)[C@H](Nc1ccc2c(N)nccc2c1)c1cc(OC)c(OC)cc1F. The van der Waals surface area contributed by atoms with E-state index in [1.165, 1.54) is 57.7 Å². The van der Waals surface area contributed by atoms with E-state index >= 15 is 4.39 Å². The highest BCUT2D eigenvalue weighted by Gasteiger charge is 2.49. The van der Waals surface area contributed by atoms with Crippen molar-refractivity contribution in [3.8, 4) is 11.5 Å². The molecule has 1 aliphatic rings. The normalized spacial score (nSPS) is 16.8. The zero-order chi connectivity index (χ0) is 37.2. The number of carbonyl (C=O) groups is 3. The first-order chi connectivity index (χ1) is 24.1. The smallest absolute Gasteiger partial charge is 0.491 e. The molecule has 2 unspecified atom stereocenters. The molecular formula is C34H32F4N4O8S. The first-order valence-corrected chi connectivity index (χ1v) is 17.0. The fourth-order valence-corrected chi connectivity index (χ4v) is 7.19. The lowest BCUT2D eigenvalue weighted by Crippen LogP contribution is -2.41. The maximum absolute atomic E-state index is 15.9. The minimum Gasteiger partial charge on any atom is -0.493 e. The molecule has 17 heteroatoms. The number of sulfone groups is 1. The van der Waals surface area contributed by atoms with Crippen LogP contribution in [0.25, 0.3) is 10.8 Å². The highest BCUT2D eigenvalue weighted by molar-refractivity contribution is 7.91. The van der Waals surface area contributed by atoms with Gasteiger partial charge < -0.3 is 30.2 Å². The van der Waals surface area contributed by atoms with E-state index in [1.807, 2.05) is 0 Å². The Morgan fingerprint density at radius 2 is 1.73 bits per heavy atom. The number of benzene rings is 3. The topological polar surface area (TPSA) is 167 Å². The highest BCUT2D eigenvalue weighted by Crippen LogP contribution is 2.44. The summed E-state index contributed by atoms with van der Waals surface area (Å²) in [5, 5.41) is 4.21. The molecule has 1 fully saturated rings. The lowest BCUT2D eigenvalue weighted by Gasteiger charge is -2.33. The molecule has 3 N–H and O–H groups in total. The Balaban J connectivity index is 1.67. The number of esters is 2. The number of likely N-dealkylation sites (tertiary alicyclic amines) is 1. The Morgan fingerprint density at radius 1 is 1.04 bits per heavy atom. The fraction of sp³-hybridized carbons (Fsp3) is 0.294. The van der Waals surface area contributed by atoms with E-state index in [0.29, 0.717) is 16.5 Å². The number of nitrogen functional groups attached to an aromatic ring is 1. The summed E-state index contributed by atoms with van der Waals surface area (Å²) in [6.07, 6.45) is -4.37. The molecule has 0 bridgehead atoms. The van der Waals surface area contributed by atoms with E-state index in [9.17, 15) is 36.0 Å². The summed E-state index contributed by atoms with van der Waals surface area (Å²) in [6.45, 7) is 1.04. The number of ether oxygens (including phenoxy) is 3. The average molecular weight is 733 g/mol. The van der Waals surface area contributed by atoms with Crippen LogP contribution in [0.4, 0.5) is 29.1 Å². The number of methoxy groups -OCH3 is 2. The maximum Gasteiger partial charge on any atom is 0.491 e. The van der Waals surface area contributed by atoms with Crippen molar-refractivity contribution in [2.24, 2.45) is 5.92 Å². The predicted molar refractivity (Wildman–Crippen MR) is 176 cm³/mol. The van der Waals surface area contributed by atoms with Crippen molar-refractivity contribution in [2.45, 2.75) is 36.5 Å². The summed E-state index contributed by atoms with van der Waals surface area (Å²) in [4.78, 5) is 44.5. The van der Waals surface area contributed by atoms with Gasteiger partial charge in [0.25, 0.3) is 0 Å². The summed E-state index contributed by atoms with van der Waals surface area (Å²) < 4.78 is 96.5. The fourth-order valence-electron chi connectivity index (χ4n) is 6.05. The Labute approximate surface area is 289 Å². The van der Waals surface area contributed by atoms with Crippen LogP contribution in [0.3, 0.4) is 0 Å². The Hall–Kier alpha value is -5.45. The second-order valence-corrected chi connectivity index (χ2v) is 13.7. The number of fused-ring (bicyclic) bond motifs is 1. The summed E-state index contributed by atoms with van der Waals surface area (Å²) in [5.74, 6) is -7.93. The van der Waals surface area contributed by atoms with Crippen LogP contribution in [0, 0.1) is 11.7 Å². The quantitative estimate of drug-likeness (QED) is 0.126. The van der Waals surface area contributed by atoms with E-state index in [2.05, 4.69) is 15.0 Å². The van der Waals surface area contributed by atoms with Crippen LogP contribution in [-0.4, -0.2) is 68.8 Å². The van der Waals surface area contributed by atoms with Crippen LogP contribution < -0.4 is 20.5 Å². The second-order valence-electron chi connectivity index (χ2n) is 11.5. The van der Waals surface area contributed by atoms with Crippen molar-refractivity contribution in [1.29, 1.82) is 0 Å². The van der Waals surface area contributed by atoms with Crippen LogP contribution in [-0.2, 0) is 29.0 Å². The number of hydrogen-bond donors (Lipinski definition) is 2. The molecule has 1 amide bonds. The van der Waals surface area contributed by atoms with E-state index in [1.54, 1.807) is 24.3 Å². The number of halogens is 4. The minimum atomic E-state index is -5.51. The molecule has 3 aromatic carbocycles. The van der Waals surface area contributed by atoms with Crippen molar-refractivity contribution in [3.63, 3.8) is 0 Å². The Bertz CT molecular complexity index is 2110. The van der Waals surface area contributed by atoms with Gasteiger partial charge >= 0.3 is 18.1 Å². The van der Waals surface area contributed by atoms with Gasteiger partial charge in [-0.1, -0.05) is 25.1 Å². The first-order valence-electron chi connectivity index (χ1n) is 15.4. The molecular weight excluding hydrogens is 700 g/mol. The zero-order valence-corrected chi connectivity index (χ0v) is 28.2. The van der Waals surface area contributed by atoms with Crippen molar-refractivity contribution in [3.05, 3.63) is 83.8 Å². The van der Waals surface area contributed by atoms with Gasteiger partial charge in [0.05, 0.1) is 36.8 Å². The number of rotatable bonds is 10. The minimum absolute atomic E-state index is 0.00789. The molecule has 1 saturated heterocycles. The molecule has 2 heterocycles. The summed E-state index contributed by atoms with van der Waals surface area (Å²) in [6, 6.07) is 10.9. The van der Waals surface area contributed by atoms with Gasteiger partial charge in [-0.25, -0.2) is 22.6 Å². The maximum atomic E-state index is 15.9. The van der Waals surface area contributed by atoms with Crippen LogP contribution in [0.15, 0.2) is 71.8 Å². The number of anilines is 2. The van der Waals surface area contributed by atoms with Gasteiger partial charge in [0.2, 0.25) is 5.91 Å². The van der Waals surface area contributed by atoms with E-state index in [4.69, 9.17) is 15.2 Å². The molecule has 0 radical (unpaired) electrons. The molecule has 1 aromatic heterocycles. The van der Waals surface area contributed by atoms with Crippen molar-refractivity contribution < 1.29 is 54.6 Å². The lowest BCUT2D eigenvalue weighted by molar-refractivity contribution is -0.203. The molecule has 5 rings (SSSR count). The van der Waals surface area contributed by atoms with Gasteiger partial charge in [0, 0.05) is 35.4 Å². The molecule has 0 spiro atoms. The van der Waals surface area contributed by atoms with Crippen LogP contribution in [0.2, 0.25) is 0 Å². The number of nitrogens with one attached hydrogen (secondary N) is 1. The van der Waals surface area contributed by atoms with Crippen LogP contribution in [0.1, 0.15) is 36.6 Å². The number of alkyl halides is 3. The molecule has 4 aromatic rings. The molecule has 51 heavy (non-hydrogen) atoms. The third-order valence-corrected chi connectivity index (χ3v) is 10.3. The van der Waals surface area contributed by atoms with E-state index in [-0.39, 0.29) is 46.3 Å². The standard InChI is InChI=1S/C34H32F4N4O8S/c1-4-51(46,47)27-8-6-5-7-21(27)29-22(32(44)50-33(45)34(36,37)38)12-14-42(29)31(43)28(23-16-25(48-2)26(49-3)17-24(23)35)41-19-9-10-20-18(15-19)11-13-40-30(20)39/h5-11,13,15-17,22,28-29,41H,4,12,14H2,1-3H3,(H2,39,40)/t22?,28-,29?/m1/s1. The van der Waals surface area contributed by atoms with E-state index in [0.717, 1.165) is 11.0 Å². The number of hydrogen-bond acceptors (Lipinski definition) is 11. The summed E-state index contributed by atoms with van der Waals surface area (Å²) in [7, 11) is -1.46. The Kier molecular flexibility index (Phi) is 10.4. The lowest BCUT2D eigenvalue weighted by atomic mass is 9.93. The monoisotopic (exact) mass is 732 g/mol. The molecule has 3 atom stereocenters. The first kappa shape index (κ1) is 36.8. The Morgan fingerprint density at radius 3 is 2.39 bits per heavy atom. The predicted octanol–water partition coefficient (Wildman–Crippen LogP) is 5.14. The summed E-state index contributed by atoms with van der Waals surface area (Å²) in [5.41, 5.74) is 5.94. The number of nitrogens with two attached hydrogens (primary N) is 1. The number of aromatic nitrogens is 1. The molecule has 12 nitrogen and oxygen atoms in total. The van der Waals surface area contributed by atoms with Gasteiger partial charge in [-0.05, 0) is 53.8 Å². The third kappa shape index (κ3) is 7.38. The van der Waals surface area contributed by atoms with Gasteiger partial charge in [0.1, 0.15) is 17.7 Å². The number of amides is 1. The van der Waals surface area contributed by atoms with Crippen molar-refractivity contribution in [1.82, 2.24) is 9.88 Å². The van der Waals surface area contributed by atoms with Gasteiger partial charge in [-0.3, -0.25) is 9.59 Å². The van der Waals surface area contributed by atoms with E-state index < -0.39 is 63.4 Å².